The summed E-state index contributed by atoms with van der Waals surface area (Å²) >= 11 is 3.31. The van der Waals surface area contributed by atoms with Gasteiger partial charge in [0.25, 0.3) is 0 Å². The molecule has 1 saturated heterocycles. The summed E-state index contributed by atoms with van der Waals surface area (Å²) in [5.41, 5.74) is 0. The number of methoxy groups -OCH3 is 1. The van der Waals surface area contributed by atoms with E-state index in [0.29, 0.717) is 5.75 Å². The topological polar surface area (TPSA) is 67.4 Å². The lowest BCUT2D eigenvalue weighted by Crippen LogP contribution is -2.42. The van der Waals surface area contributed by atoms with Crippen LogP contribution in [0.3, 0.4) is 0 Å². The quantitative estimate of drug-likeness (QED) is 0.831. The van der Waals surface area contributed by atoms with E-state index in [1.165, 1.54) is 13.2 Å². The molecule has 1 aliphatic rings. The van der Waals surface area contributed by atoms with Crippen molar-refractivity contribution in [2.45, 2.75) is 23.8 Å². The second-order valence-electron chi connectivity index (χ2n) is 4.44. The van der Waals surface area contributed by atoms with E-state index in [-0.39, 0.29) is 23.3 Å². The predicted molar refractivity (Wildman–Crippen MR) is 84.2 cm³/mol. The number of hydrogen-bond acceptors (Lipinski definition) is 4. The van der Waals surface area contributed by atoms with Crippen molar-refractivity contribution < 1.29 is 13.2 Å². The first-order valence-electron chi connectivity index (χ1n) is 6.09. The molecule has 1 aliphatic heterocycles. The first kappa shape index (κ1) is 17.7. The summed E-state index contributed by atoms with van der Waals surface area (Å²) in [5, 5.41) is 3.20. The second kappa shape index (κ2) is 7.61. The Balaban J connectivity index is 0.00000200. The number of ether oxygens (including phenoxy) is 1. The highest BCUT2D eigenvalue weighted by Crippen LogP contribution is 2.27. The SMILES string of the molecule is COc1cc(S(=O)(=O)NC2CCNCC2)ccc1Br.Cl. The van der Waals surface area contributed by atoms with Crippen LogP contribution in [0.25, 0.3) is 0 Å². The highest BCUT2D eigenvalue weighted by molar-refractivity contribution is 9.10. The van der Waals surface area contributed by atoms with E-state index in [9.17, 15) is 8.42 Å². The van der Waals surface area contributed by atoms with E-state index in [1.54, 1.807) is 12.1 Å². The summed E-state index contributed by atoms with van der Waals surface area (Å²) < 4.78 is 33.2. The number of nitrogens with one attached hydrogen (secondary N) is 2. The lowest BCUT2D eigenvalue weighted by atomic mass is 10.1. The average molecular weight is 386 g/mol. The minimum Gasteiger partial charge on any atom is -0.496 e. The van der Waals surface area contributed by atoms with Crippen LogP contribution in [0, 0.1) is 0 Å². The maximum Gasteiger partial charge on any atom is 0.240 e. The Bertz CT molecular complexity index is 548. The molecule has 0 atom stereocenters. The molecule has 0 unspecified atom stereocenters. The fourth-order valence-corrected chi connectivity index (χ4v) is 3.76. The third kappa shape index (κ3) is 4.33. The predicted octanol–water partition coefficient (Wildman–Crippen LogP) is 1.91. The molecule has 1 fully saturated rings. The number of hydrogen-bond donors (Lipinski definition) is 2. The molecule has 1 aromatic rings. The number of benzene rings is 1. The molecule has 0 aromatic heterocycles. The highest BCUT2D eigenvalue weighted by Gasteiger charge is 2.22. The summed E-state index contributed by atoms with van der Waals surface area (Å²) in [6.07, 6.45) is 1.62. The first-order chi connectivity index (χ1) is 9.03. The Morgan fingerprint density at radius 1 is 1.35 bits per heavy atom. The second-order valence-corrected chi connectivity index (χ2v) is 7.01. The van der Waals surface area contributed by atoms with E-state index >= 15 is 0 Å². The van der Waals surface area contributed by atoms with Gasteiger partial charge >= 0.3 is 0 Å². The van der Waals surface area contributed by atoms with Crippen LogP contribution < -0.4 is 14.8 Å². The van der Waals surface area contributed by atoms with Gasteiger partial charge in [-0.1, -0.05) is 0 Å². The van der Waals surface area contributed by atoms with Gasteiger partial charge in [-0.3, -0.25) is 0 Å². The van der Waals surface area contributed by atoms with Crippen LogP contribution in [-0.4, -0.2) is 34.7 Å². The molecule has 1 heterocycles. The Labute approximate surface area is 134 Å². The molecular formula is C12H18BrClN2O3S. The molecule has 5 nitrogen and oxygen atoms in total. The summed E-state index contributed by atoms with van der Waals surface area (Å²) in [7, 11) is -1.98. The van der Waals surface area contributed by atoms with E-state index in [2.05, 4.69) is 26.0 Å². The van der Waals surface area contributed by atoms with Crippen LogP contribution in [0.5, 0.6) is 5.75 Å². The van der Waals surface area contributed by atoms with Crippen LogP contribution in [-0.2, 0) is 10.0 Å². The normalized spacial score (nSPS) is 16.5. The fourth-order valence-electron chi connectivity index (χ4n) is 2.03. The van der Waals surface area contributed by atoms with Crippen molar-refractivity contribution in [3.05, 3.63) is 22.7 Å². The zero-order valence-corrected chi connectivity index (χ0v) is 14.3. The van der Waals surface area contributed by atoms with Gasteiger partial charge in [0.2, 0.25) is 10.0 Å². The summed E-state index contributed by atoms with van der Waals surface area (Å²) in [5.74, 6) is 0.508. The molecule has 0 spiro atoms. The summed E-state index contributed by atoms with van der Waals surface area (Å²) in [6.45, 7) is 1.69. The van der Waals surface area contributed by atoms with Gasteiger partial charge in [-0.05, 0) is 54.0 Å². The number of piperidine rings is 1. The summed E-state index contributed by atoms with van der Waals surface area (Å²) in [4.78, 5) is 0.228. The van der Waals surface area contributed by atoms with E-state index < -0.39 is 10.0 Å². The fraction of sp³-hybridized carbons (Fsp3) is 0.500. The van der Waals surface area contributed by atoms with Gasteiger partial charge in [0.05, 0.1) is 16.5 Å². The molecule has 0 radical (unpaired) electrons. The molecule has 0 saturated carbocycles. The molecule has 2 rings (SSSR count). The Hall–Kier alpha value is -0.340. The van der Waals surface area contributed by atoms with Crippen molar-refractivity contribution in [3.63, 3.8) is 0 Å². The number of rotatable bonds is 4. The van der Waals surface area contributed by atoms with Crippen molar-refractivity contribution in [2.75, 3.05) is 20.2 Å². The van der Waals surface area contributed by atoms with Crippen LogP contribution in [0.1, 0.15) is 12.8 Å². The van der Waals surface area contributed by atoms with Crippen molar-refractivity contribution in [1.82, 2.24) is 10.0 Å². The lowest BCUT2D eigenvalue weighted by Gasteiger charge is -2.23. The van der Waals surface area contributed by atoms with Crippen molar-refractivity contribution in [3.8, 4) is 5.75 Å². The monoisotopic (exact) mass is 384 g/mol. The van der Waals surface area contributed by atoms with Gasteiger partial charge in [-0.25, -0.2) is 13.1 Å². The van der Waals surface area contributed by atoms with Crippen LogP contribution >= 0.6 is 28.3 Å². The molecule has 2 N–H and O–H groups in total. The van der Waals surface area contributed by atoms with Gasteiger partial charge in [-0.15, -0.1) is 12.4 Å². The zero-order valence-electron chi connectivity index (χ0n) is 11.1. The van der Waals surface area contributed by atoms with Gasteiger partial charge in [0, 0.05) is 12.1 Å². The Morgan fingerprint density at radius 2 is 2.00 bits per heavy atom. The lowest BCUT2D eigenvalue weighted by molar-refractivity contribution is 0.410. The standard InChI is InChI=1S/C12H17BrN2O3S.ClH/c1-18-12-8-10(2-3-11(12)13)19(16,17)15-9-4-6-14-7-5-9;/h2-3,8-9,14-15H,4-7H2,1H3;1H. The van der Waals surface area contributed by atoms with Crippen LogP contribution in [0.4, 0.5) is 0 Å². The third-order valence-electron chi connectivity index (χ3n) is 3.09. The maximum atomic E-state index is 12.3. The molecule has 0 amide bonds. The maximum absolute atomic E-state index is 12.3. The molecule has 8 heteroatoms. The van der Waals surface area contributed by atoms with Gasteiger partial charge in [0.1, 0.15) is 5.75 Å². The van der Waals surface area contributed by atoms with Gasteiger partial charge in [-0.2, -0.15) is 0 Å². The van der Waals surface area contributed by atoms with E-state index in [0.717, 1.165) is 30.4 Å². The Kier molecular flexibility index (Phi) is 6.74. The first-order valence-corrected chi connectivity index (χ1v) is 8.37. The van der Waals surface area contributed by atoms with Gasteiger partial charge < -0.3 is 10.1 Å². The molecule has 0 bridgehead atoms. The zero-order chi connectivity index (χ0) is 13.9. The minimum atomic E-state index is -3.49. The smallest absolute Gasteiger partial charge is 0.240 e. The average Bonchev–Trinajstić information content (AvgIpc) is 2.39. The third-order valence-corrected chi connectivity index (χ3v) is 5.27. The van der Waals surface area contributed by atoms with E-state index in [1.807, 2.05) is 0 Å². The Morgan fingerprint density at radius 3 is 2.60 bits per heavy atom. The molecule has 0 aliphatic carbocycles. The molecule has 20 heavy (non-hydrogen) atoms. The molecular weight excluding hydrogens is 368 g/mol. The van der Waals surface area contributed by atoms with Crippen molar-refractivity contribution >= 4 is 38.4 Å². The largest absolute Gasteiger partial charge is 0.496 e. The van der Waals surface area contributed by atoms with Crippen molar-refractivity contribution in [2.24, 2.45) is 0 Å². The highest BCUT2D eigenvalue weighted by atomic mass is 79.9. The molecule has 1 aromatic carbocycles. The van der Waals surface area contributed by atoms with E-state index in [4.69, 9.17) is 4.74 Å². The molecule has 114 valence electrons. The summed E-state index contributed by atoms with van der Waals surface area (Å²) in [6, 6.07) is 4.76. The number of halogens is 2. The van der Waals surface area contributed by atoms with Crippen molar-refractivity contribution in [1.29, 1.82) is 0 Å². The number of sulfonamides is 1. The van der Waals surface area contributed by atoms with Crippen LogP contribution in [0.15, 0.2) is 27.6 Å². The minimum absolute atomic E-state index is 0. The van der Waals surface area contributed by atoms with Crippen LogP contribution in [0.2, 0.25) is 0 Å². The van der Waals surface area contributed by atoms with Gasteiger partial charge in [0.15, 0.2) is 0 Å².